The first-order valence-corrected chi connectivity index (χ1v) is 7.23. The van der Waals surface area contributed by atoms with Crippen LogP contribution in [0.25, 0.3) is 0 Å². The molecule has 0 saturated carbocycles. The maximum atomic E-state index is 11.2. The van der Waals surface area contributed by atoms with Crippen molar-refractivity contribution in [3.63, 3.8) is 0 Å². The van der Waals surface area contributed by atoms with E-state index in [0.717, 1.165) is 6.42 Å². The largest absolute Gasteiger partial charge is 0.399 e. The summed E-state index contributed by atoms with van der Waals surface area (Å²) in [5.74, 6) is 0. The maximum absolute atomic E-state index is 11.2. The molecule has 0 aromatic heterocycles. The fourth-order valence-electron chi connectivity index (χ4n) is 1.56. The number of aliphatic hydroxyl groups excluding tert-OH is 1. The molecule has 6 N–H and O–H groups in total. The van der Waals surface area contributed by atoms with Crippen LogP contribution in [0.5, 0.6) is 0 Å². The molecule has 0 aliphatic carbocycles. The van der Waals surface area contributed by atoms with E-state index in [0.29, 0.717) is 24.3 Å². The van der Waals surface area contributed by atoms with E-state index >= 15 is 0 Å². The molecule has 102 valence electrons. The Labute approximate surface area is 107 Å². The number of hydrogen-bond donors (Lipinski definition) is 4. The number of hydrogen-bond acceptors (Lipinski definition) is 5. The van der Waals surface area contributed by atoms with Crippen molar-refractivity contribution in [1.29, 1.82) is 0 Å². The van der Waals surface area contributed by atoms with Crippen LogP contribution < -0.4 is 16.2 Å². The quantitative estimate of drug-likeness (QED) is 0.562. The third kappa shape index (κ3) is 4.52. The molecule has 0 aliphatic rings. The first-order chi connectivity index (χ1) is 8.32. The normalized spacial score (nSPS) is 13.3. The zero-order chi connectivity index (χ0) is 13.8. The molecule has 1 aromatic rings. The number of rotatable bonds is 6. The van der Waals surface area contributed by atoms with Crippen molar-refractivity contribution in [3.05, 3.63) is 18.2 Å². The lowest BCUT2D eigenvalue weighted by atomic mass is 10.2. The summed E-state index contributed by atoms with van der Waals surface area (Å²) >= 11 is 0. The zero-order valence-corrected chi connectivity index (χ0v) is 11.1. The van der Waals surface area contributed by atoms with Crippen LogP contribution in [0.1, 0.15) is 19.8 Å². The first kappa shape index (κ1) is 14.7. The molecule has 0 spiro atoms. The fraction of sp³-hybridized carbons (Fsp3) is 0.455. The molecule has 1 atom stereocenters. The SMILES string of the molecule is CCCC(O)CNc1cc(N)cc(S(N)(=O)=O)c1. The number of nitrogen functional groups attached to an aromatic ring is 1. The summed E-state index contributed by atoms with van der Waals surface area (Å²) in [6.45, 7) is 2.31. The molecule has 0 radical (unpaired) electrons. The second kappa shape index (κ2) is 6.03. The third-order valence-electron chi connectivity index (χ3n) is 2.42. The van der Waals surface area contributed by atoms with Gasteiger partial charge in [0.25, 0.3) is 0 Å². The predicted octanol–water partition coefficient (Wildman–Crippen LogP) is 0.489. The molecule has 1 rings (SSSR count). The van der Waals surface area contributed by atoms with Crippen molar-refractivity contribution < 1.29 is 13.5 Å². The van der Waals surface area contributed by atoms with Crippen LogP contribution in [0.2, 0.25) is 0 Å². The highest BCUT2D eigenvalue weighted by Crippen LogP contribution is 2.19. The smallest absolute Gasteiger partial charge is 0.238 e. The van der Waals surface area contributed by atoms with Crippen molar-refractivity contribution in [1.82, 2.24) is 0 Å². The van der Waals surface area contributed by atoms with Crippen LogP contribution >= 0.6 is 0 Å². The van der Waals surface area contributed by atoms with Crippen molar-refractivity contribution in [3.8, 4) is 0 Å². The predicted molar refractivity (Wildman–Crippen MR) is 71.6 cm³/mol. The summed E-state index contributed by atoms with van der Waals surface area (Å²) in [6.07, 6.45) is 1.08. The van der Waals surface area contributed by atoms with Crippen LogP contribution in [0.4, 0.5) is 11.4 Å². The van der Waals surface area contributed by atoms with Crippen molar-refractivity contribution in [2.45, 2.75) is 30.8 Å². The van der Waals surface area contributed by atoms with Crippen LogP contribution in [0.15, 0.2) is 23.1 Å². The van der Waals surface area contributed by atoms with Gasteiger partial charge >= 0.3 is 0 Å². The van der Waals surface area contributed by atoms with Gasteiger partial charge in [-0.05, 0) is 24.6 Å². The van der Waals surface area contributed by atoms with E-state index in [-0.39, 0.29) is 4.90 Å². The highest BCUT2D eigenvalue weighted by atomic mass is 32.2. The Bertz CT molecular complexity index is 502. The Morgan fingerprint density at radius 2 is 2.06 bits per heavy atom. The molecule has 1 unspecified atom stereocenters. The van der Waals surface area contributed by atoms with Gasteiger partial charge in [0, 0.05) is 17.9 Å². The number of aliphatic hydroxyl groups is 1. The average Bonchev–Trinajstić information content (AvgIpc) is 2.25. The molecule has 0 heterocycles. The Kier molecular flexibility index (Phi) is 4.94. The Hall–Kier alpha value is -1.31. The summed E-state index contributed by atoms with van der Waals surface area (Å²) in [4.78, 5) is -0.0463. The summed E-state index contributed by atoms with van der Waals surface area (Å²) in [6, 6.07) is 4.28. The minimum absolute atomic E-state index is 0.0463. The van der Waals surface area contributed by atoms with E-state index in [1.165, 1.54) is 12.1 Å². The molecule has 7 heteroatoms. The van der Waals surface area contributed by atoms with Crippen LogP contribution in [-0.4, -0.2) is 26.2 Å². The topological polar surface area (TPSA) is 118 Å². The number of sulfonamides is 1. The summed E-state index contributed by atoms with van der Waals surface area (Å²) in [5, 5.41) is 17.5. The van der Waals surface area contributed by atoms with Crippen molar-refractivity contribution in [2.24, 2.45) is 5.14 Å². The minimum atomic E-state index is -3.78. The molecule has 1 aromatic carbocycles. The van der Waals surface area contributed by atoms with E-state index in [4.69, 9.17) is 10.9 Å². The van der Waals surface area contributed by atoms with E-state index < -0.39 is 16.1 Å². The molecule has 0 saturated heterocycles. The zero-order valence-electron chi connectivity index (χ0n) is 10.3. The number of anilines is 2. The minimum Gasteiger partial charge on any atom is -0.399 e. The van der Waals surface area contributed by atoms with E-state index in [9.17, 15) is 13.5 Å². The van der Waals surface area contributed by atoms with Gasteiger partial charge in [0.05, 0.1) is 11.0 Å². The van der Waals surface area contributed by atoms with Crippen LogP contribution in [0, 0.1) is 0 Å². The number of nitrogens with two attached hydrogens (primary N) is 2. The van der Waals surface area contributed by atoms with Crippen molar-refractivity contribution >= 4 is 21.4 Å². The van der Waals surface area contributed by atoms with E-state index in [2.05, 4.69) is 5.32 Å². The molecular weight excluding hydrogens is 254 g/mol. The molecule has 6 nitrogen and oxygen atoms in total. The summed E-state index contributed by atoms with van der Waals surface area (Å²) < 4.78 is 22.4. The lowest BCUT2D eigenvalue weighted by Crippen LogP contribution is -2.19. The summed E-state index contributed by atoms with van der Waals surface area (Å²) in [5.41, 5.74) is 6.42. The molecular formula is C11H19N3O3S. The average molecular weight is 273 g/mol. The van der Waals surface area contributed by atoms with Crippen LogP contribution in [0.3, 0.4) is 0 Å². The Morgan fingerprint density at radius 1 is 1.39 bits per heavy atom. The van der Waals surface area contributed by atoms with Gasteiger partial charge in [-0.25, -0.2) is 13.6 Å². The van der Waals surface area contributed by atoms with Gasteiger partial charge < -0.3 is 16.2 Å². The highest BCUT2D eigenvalue weighted by molar-refractivity contribution is 7.89. The molecule has 18 heavy (non-hydrogen) atoms. The van der Waals surface area contributed by atoms with Gasteiger partial charge in [-0.3, -0.25) is 0 Å². The van der Waals surface area contributed by atoms with Gasteiger partial charge in [-0.2, -0.15) is 0 Å². The Balaban J connectivity index is 2.81. The van der Waals surface area contributed by atoms with Crippen molar-refractivity contribution in [2.75, 3.05) is 17.6 Å². The monoisotopic (exact) mass is 273 g/mol. The molecule has 0 aliphatic heterocycles. The van der Waals surface area contributed by atoms with E-state index in [1.807, 2.05) is 6.92 Å². The second-order valence-electron chi connectivity index (χ2n) is 4.16. The molecule has 0 fully saturated rings. The number of benzene rings is 1. The third-order valence-corrected chi connectivity index (χ3v) is 3.31. The fourth-order valence-corrected chi connectivity index (χ4v) is 2.15. The van der Waals surface area contributed by atoms with Gasteiger partial charge in [0.2, 0.25) is 10.0 Å². The molecule has 0 amide bonds. The van der Waals surface area contributed by atoms with E-state index in [1.54, 1.807) is 6.07 Å². The lowest BCUT2D eigenvalue weighted by Gasteiger charge is -2.13. The maximum Gasteiger partial charge on any atom is 0.238 e. The number of nitrogens with one attached hydrogen (secondary N) is 1. The molecule has 0 bridgehead atoms. The first-order valence-electron chi connectivity index (χ1n) is 5.68. The highest BCUT2D eigenvalue weighted by Gasteiger charge is 2.10. The Morgan fingerprint density at radius 3 is 2.61 bits per heavy atom. The lowest BCUT2D eigenvalue weighted by molar-refractivity contribution is 0.176. The second-order valence-corrected chi connectivity index (χ2v) is 5.72. The van der Waals surface area contributed by atoms with Gasteiger partial charge in [-0.15, -0.1) is 0 Å². The summed E-state index contributed by atoms with van der Waals surface area (Å²) in [7, 11) is -3.78. The van der Waals surface area contributed by atoms with Gasteiger partial charge in [0.15, 0.2) is 0 Å². The number of primary sulfonamides is 1. The van der Waals surface area contributed by atoms with Crippen LogP contribution in [-0.2, 0) is 10.0 Å². The van der Waals surface area contributed by atoms with Gasteiger partial charge in [0.1, 0.15) is 0 Å². The standard InChI is InChI=1S/C11H19N3O3S/c1-2-3-10(15)7-14-9-4-8(12)5-11(6-9)18(13,16)17/h4-6,10,14-15H,2-3,7,12H2,1H3,(H2,13,16,17). The van der Waals surface area contributed by atoms with Gasteiger partial charge in [-0.1, -0.05) is 13.3 Å².